The molecular weight excluding hydrogens is 224 g/mol. The number of rotatable bonds is 5. The van der Waals surface area contributed by atoms with Crippen molar-refractivity contribution in [3.8, 4) is 0 Å². The Labute approximate surface area is 102 Å². The predicted octanol–water partition coefficient (Wildman–Crippen LogP) is 2.44. The highest BCUT2D eigenvalue weighted by Crippen LogP contribution is 2.05. The van der Waals surface area contributed by atoms with E-state index in [9.17, 15) is 4.79 Å². The molecule has 1 unspecified atom stereocenters. The summed E-state index contributed by atoms with van der Waals surface area (Å²) >= 11 is 0. The minimum absolute atomic E-state index is 0. The first-order valence-electron chi connectivity index (χ1n) is 5.06. The number of ketones is 1. The van der Waals surface area contributed by atoms with E-state index in [-0.39, 0.29) is 30.7 Å². The highest BCUT2D eigenvalue weighted by atomic mass is 35.5. The van der Waals surface area contributed by atoms with Crippen LogP contribution in [0.3, 0.4) is 0 Å². The van der Waals surface area contributed by atoms with Gasteiger partial charge in [0.15, 0.2) is 5.78 Å². The number of benzene rings is 1. The van der Waals surface area contributed by atoms with Gasteiger partial charge in [-0.05, 0) is 6.42 Å². The standard InChI is InChI=1S/C12H16N2O.ClH/c1-2-10(13)11(14)8-12(15)9-6-4-3-5-7-9;/h3-7,10,14H,2,8,13H2,1H3;1H. The molecule has 1 aromatic rings. The second-order valence-electron chi connectivity index (χ2n) is 3.51. The summed E-state index contributed by atoms with van der Waals surface area (Å²) in [5.41, 5.74) is 6.62. The normalized spacial score (nSPS) is 11.4. The van der Waals surface area contributed by atoms with Crippen LogP contribution in [-0.2, 0) is 0 Å². The molecule has 0 aliphatic rings. The van der Waals surface area contributed by atoms with Crippen LogP contribution >= 0.6 is 12.4 Å². The number of Topliss-reactive ketones (excluding diaryl/α,β-unsaturated/α-hetero) is 1. The summed E-state index contributed by atoms with van der Waals surface area (Å²) in [5, 5.41) is 7.63. The van der Waals surface area contributed by atoms with Gasteiger partial charge in [0.2, 0.25) is 0 Å². The maximum Gasteiger partial charge on any atom is 0.168 e. The van der Waals surface area contributed by atoms with E-state index < -0.39 is 0 Å². The molecular formula is C12H17ClN2O. The van der Waals surface area contributed by atoms with Crippen LogP contribution in [0, 0.1) is 5.41 Å². The van der Waals surface area contributed by atoms with Crippen LogP contribution in [0.1, 0.15) is 30.1 Å². The molecule has 0 heterocycles. The van der Waals surface area contributed by atoms with E-state index in [0.29, 0.717) is 17.7 Å². The molecule has 1 aromatic carbocycles. The average Bonchev–Trinajstić information content (AvgIpc) is 2.29. The predicted molar refractivity (Wildman–Crippen MR) is 68.6 cm³/mol. The first kappa shape index (κ1) is 14.8. The number of hydrogen-bond donors (Lipinski definition) is 2. The Morgan fingerprint density at radius 3 is 2.44 bits per heavy atom. The summed E-state index contributed by atoms with van der Waals surface area (Å²) < 4.78 is 0. The SMILES string of the molecule is CCC(N)C(=N)CC(=O)c1ccccc1.Cl. The molecule has 16 heavy (non-hydrogen) atoms. The minimum Gasteiger partial charge on any atom is -0.323 e. The van der Waals surface area contributed by atoms with Gasteiger partial charge >= 0.3 is 0 Å². The van der Waals surface area contributed by atoms with Crippen LogP contribution < -0.4 is 5.73 Å². The van der Waals surface area contributed by atoms with Crippen LogP contribution in [0.4, 0.5) is 0 Å². The molecule has 0 radical (unpaired) electrons. The third kappa shape index (κ3) is 4.13. The van der Waals surface area contributed by atoms with Gasteiger partial charge < -0.3 is 11.1 Å². The molecule has 0 amide bonds. The van der Waals surface area contributed by atoms with Gasteiger partial charge in [-0.3, -0.25) is 4.79 Å². The Hall–Kier alpha value is -1.19. The van der Waals surface area contributed by atoms with Gasteiger partial charge in [-0.2, -0.15) is 0 Å². The molecule has 1 atom stereocenters. The zero-order valence-electron chi connectivity index (χ0n) is 9.27. The van der Waals surface area contributed by atoms with Gasteiger partial charge in [0, 0.05) is 17.3 Å². The lowest BCUT2D eigenvalue weighted by Crippen LogP contribution is -2.30. The number of halogens is 1. The lowest BCUT2D eigenvalue weighted by atomic mass is 10.0. The monoisotopic (exact) mass is 240 g/mol. The zero-order valence-corrected chi connectivity index (χ0v) is 10.1. The van der Waals surface area contributed by atoms with Gasteiger partial charge in [-0.15, -0.1) is 12.4 Å². The highest BCUT2D eigenvalue weighted by Gasteiger charge is 2.12. The summed E-state index contributed by atoms with van der Waals surface area (Å²) in [6.45, 7) is 1.91. The number of nitrogens with two attached hydrogens (primary N) is 1. The van der Waals surface area contributed by atoms with E-state index in [2.05, 4.69) is 0 Å². The lowest BCUT2D eigenvalue weighted by molar-refractivity contribution is 0.0999. The fourth-order valence-electron chi connectivity index (χ4n) is 1.28. The number of nitrogens with one attached hydrogen (secondary N) is 1. The second-order valence-corrected chi connectivity index (χ2v) is 3.51. The molecule has 4 heteroatoms. The third-order valence-electron chi connectivity index (χ3n) is 2.33. The van der Waals surface area contributed by atoms with Crippen molar-refractivity contribution in [2.45, 2.75) is 25.8 Å². The van der Waals surface area contributed by atoms with E-state index in [1.807, 2.05) is 25.1 Å². The van der Waals surface area contributed by atoms with Crippen molar-refractivity contribution in [1.82, 2.24) is 0 Å². The van der Waals surface area contributed by atoms with Crippen molar-refractivity contribution in [1.29, 1.82) is 5.41 Å². The first-order valence-corrected chi connectivity index (χ1v) is 5.06. The molecule has 0 spiro atoms. The molecule has 0 saturated heterocycles. The van der Waals surface area contributed by atoms with Gasteiger partial charge in [0.1, 0.15) is 0 Å². The Bertz CT molecular complexity index is 351. The van der Waals surface area contributed by atoms with E-state index in [0.717, 1.165) is 0 Å². The van der Waals surface area contributed by atoms with Crippen LogP contribution in [0.5, 0.6) is 0 Å². The number of carbonyl (C=O) groups is 1. The van der Waals surface area contributed by atoms with Gasteiger partial charge in [-0.25, -0.2) is 0 Å². The van der Waals surface area contributed by atoms with Crippen molar-refractivity contribution >= 4 is 23.9 Å². The summed E-state index contributed by atoms with van der Waals surface area (Å²) in [4.78, 5) is 11.7. The van der Waals surface area contributed by atoms with Crippen molar-refractivity contribution in [3.63, 3.8) is 0 Å². The molecule has 0 bridgehead atoms. The zero-order chi connectivity index (χ0) is 11.3. The molecule has 1 rings (SSSR count). The van der Waals surface area contributed by atoms with Gasteiger partial charge in [-0.1, -0.05) is 37.3 Å². The van der Waals surface area contributed by atoms with Crippen molar-refractivity contribution in [2.75, 3.05) is 0 Å². The Balaban J connectivity index is 0.00000225. The second kappa shape index (κ2) is 7.14. The Morgan fingerprint density at radius 2 is 1.94 bits per heavy atom. The smallest absolute Gasteiger partial charge is 0.168 e. The van der Waals surface area contributed by atoms with Gasteiger partial charge in [0.05, 0.1) is 6.42 Å². The lowest BCUT2D eigenvalue weighted by Gasteiger charge is -2.09. The maximum atomic E-state index is 11.7. The fourth-order valence-corrected chi connectivity index (χ4v) is 1.28. The molecule has 3 nitrogen and oxygen atoms in total. The molecule has 0 aliphatic heterocycles. The summed E-state index contributed by atoms with van der Waals surface area (Å²) in [6, 6.07) is 8.71. The summed E-state index contributed by atoms with van der Waals surface area (Å²) in [7, 11) is 0. The molecule has 0 aliphatic carbocycles. The van der Waals surface area contributed by atoms with Crippen molar-refractivity contribution < 1.29 is 4.79 Å². The summed E-state index contributed by atoms with van der Waals surface area (Å²) in [5.74, 6) is -0.0375. The van der Waals surface area contributed by atoms with Crippen LogP contribution in [0.15, 0.2) is 30.3 Å². The quantitative estimate of drug-likeness (QED) is 0.613. The third-order valence-corrected chi connectivity index (χ3v) is 2.33. The highest BCUT2D eigenvalue weighted by molar-refractivity contribution is 6.10. The largest absolute Gasteiger partial charge is 0.323 e. The number of carbonyl (C=O) groups excluding carboxylic acids is 1. The average molecular weight is 241 g/mol. The molecule has 0 saturated carbocycles. The minimum atomic E-state index is -0.294. The van der Waals surface area contributed by atoms with E-state index >= 15 is 0 Å². The number of hydrogen-bond acceptors (Lipinski definition) is 3. The molecule has 3 N–H and O–H groups in total. The van der Waals surface area contributed by atoms with Crippen molar-refractivity contribution in [2.24, 2.45) is 5.73 Å². The maximum absolute atomic E-state index is 11.7. The molecule has 0 aromatic heterocycles. The first-order chi connectivity index (χ1) is 7.15. The molecule has 0 fully saturated rings. The molecule has 88 valence electrons. The Kier molecular flexibility index (Phi) is 6.61. The topological polar surface area (TPSA) is 66.9 Å². The van der Waals surface area contributed by atoms with Crippen molar-refractivity contribution in [3.05, 3.63) is 35.9 Å². The van der Waals surface area contributed by atoms with Crippen LogP contribution in [0.25, 0.3) is 0 Å². The summed E-state index contributed by atoms with van der Waals surface area (Å²) in [6.07, 6.45) is 0.819. The Morgan fingerprint density at radius 1 is 1.38 bits per heavy atom. The van der Waals surface area contributed by atoms with Crippen LogP contribution in [0.2, 0.25) is 0 Å². The van der Waals surface area contributed by atoms with E-state index in [1.54, 1.807) is 12.1 Å². The fraction of sp³-hybridized carbons (Fsp3) is 0.333. The van der Waals surface area contributed by atoms with E-state index in [4.69, 9.17) is 11.1 Å². The van der Waals surface area contributed by atoms with Crippen LogP contribution in [-0.4, -0.2) is 17.5 Å². The van der Waals surface area contributed by atoms with Gasteiger partial charge in [0.25, 0.3) is 0 Å². The van der Waals surface area contributed by atoms with E-state index in [1.165, 1.54) is 0 Å².